The zero-order valence-corrected chi connectivity index (χ0v) is 19.5. The first-order valence-electron chi connectivity index (χ1n) is 12.7. The van der Waals surface area contributed by atoms with Gasteiger partial charge in [0.2, 0.25) is 0 Å². The van der Waals surface area contributed by atoms with Crippen molar-refractivity contribution in [3.63, 3.8) is 0 Å². The molecule has 0 aromatic carbocycles. The molecule has 6 rings (SSSR count). The van der Waals surface area contributed by atoms with Crippen LogP contribution in [0.15, 0.2) is 23.8 Å². The van der Waals surface area contributed by atoms with Gasteiger partial charge in [0.15, 0.2) is 5.79 Å². The Labute approximate surface area is 187 Å². The maximum atomic E-state index is 11.1. The topological polar surface area (TPSA) is 58.9 Å². The van der Waals surface area contributed by atoms with Crippen LogP contribution in [0.5, 0.6) is 0 Å². The second-order valence-electron chi connectivity index (χ2n) is 12.3. The monoisotopic (exact) mass is 428 g/mol. The Morgan fingerprint density at radius 3 is 2.68 bits per heavy atom. The van der Waals surface area contributed by atoms with Crippen molar-refractivity contribution < 1.29 is 19.7 Å². The van der Waals surface area contributed by atoms with Crippen LogP contribution in [-0.4, -0.2) is 40.9 Å². The zero-order valence-electron chi connectivity index (χ0n) is 19.5. The molecule has 2 aliphatic heterocycles. The Hall–Kier alpha value is -0.680. The van der Waals surface area contributed by atoms with E-state index in [4.69, 9.17) is 9.47 Å². The number of allylic oxidation sites excluding steroid dienone is 1. The van der Waals surface area contributed by atoms with Crippen molar-refractivity contribution in [2.45, 2.75) is 96.2 Å². The average molecular weight is 429 g/mol. The lowest BCUT2D eigenvalue weighted by Gasteiger charge is -2.59. The molecule has 3 saturated carbocycles. The molecule has 4 nitrogen and oxygen atoms in total. The molecular weight excluding hydrogens is 388 g/mol. The van der Waals surface area contributed by atoms with Crippen molar-refractivity contribution in [3.05, 3.63) is 23.8 Å². The summed E-state index contributed by atoms with van der Waals surface area (Å²) in [6, 6.07) is 0. The van der Waals surface area contributed by atoms with Crippen molar-refractivity contribution in [2.75, 3.05) is 6.61 Å². The van der Waals surface area contributed by atoms with Crippen LogP contribution >= 0.6 is 0 Å². The van der Waals surface area contributed by atoms with E-state index in [-0.39, 0.29) is 16.9 Å². The molecule has 4 aliphatic carbocycles. The summed E-state index contributed by atoms with van der Waals surface area (Å²) >= 11 is 0. The van der Waals surface area contributed by atoms with Crippen LogP contribution in [0.3, 0.4) is 0 Å². The molecular formula is C27H40O4. The summed E-state index contributed by atoms with van der Waals surface area (Å²) in [5, 5.41) is 21.4. The third-order valence-corrected chi connectivity index (χ3v) is 11.2. The van der Waals surface area contributed by atoms with Gasteiger partial charge in [0.25, 0.3) is 0 Å². The van der Waals surface area contributed by atoms with Crippen LogP contribution in [0.2, 0.25) is 0 Å². The molecule has 0 unspecified atom stereocenters. The minimum absolute atomic E-state index is 0.165. The van der Waals surface area contributed by atoms with E-state index in [1.54, 1.807) is 0 Å². The summed E-state index contributed by atoms with van der Waals surface area (Å²) in [6.07, 6.45) is 9.75. The third-order valence-electron chi connectivity index (χ3n) is 11.2. The summed E-state index contributed by atoms with van der Waals surface area (Å²) in [5.41, 5.74) is 2.63. The van der Waals surface area contributed by atoms with Gasteiger partial charge in [-0.05, 0) is 67.6 Å². The van der Waals surface area contributed by atoms with E-state index >= 15 is 0 Å². The molecule has 11 atom stereocenters. The summed E-state index contributed by atoms with van der Waals surface area (Å²) in [6.45, 7) is 12.0. The van der Waals surface area contributed by atoms with Gasteiger partial charge in [-0.3, -0.25) is 0 Å². The smallest absolute Gasteiger partial charge is 0.172 e. The van der Waals surface area contributed by atoms with E-state index in [1.165, 1.54) is 24.0 Å². The molecule has 2 saturated heterocycles. The standard InChI is InChI=1S/C27H40O4/c1-15-7-10-27(30-14-15)16(2)24-22(31-27)13-21-19-6-5-17-11-18(28)12-23(29)26(17,4)20(19)8-9-25(21,24)3/h5,16,18-24,28-29H,1,6-14H2,2-4H3/t16-,18+,19+,20-,21-,22-,23+,24-,25-,26-,27-/m0/s1. The van der Waals surface area contributed by atoms with Crippen molar-refractivity contribution in [3.8, 4) is 0 Å². The quantitative estimate of drug-likeness (QED) is 0.554. The van der Waals surface area contributed by atoms with E-state index in [9.17, 15) is 10.2 Å². The highest BCUT2D eigenvalue weighted by Crippen LogP contribution is 2.70. The van der Waals surface area contributed by atoms with Crippen LogP contribution in [0.1, 0.15) is 72.1 Å². The molecule has 4 heteroatoms. The number of ether oxygens (including phenoxy) is 2. The summed E-state index contributed by atoms with van der Waals surface area (Å²) in [7, 11) is 0. The molecule has 6 aliphatic rings. The molecule has 0 aromatic rings. The van der Waals surface area contributed by atoms with Crippen LogP contribution in [-0.2, 0) is 9.47 Å². The van der Waals surface area contributed by atoms with E-state index in [2.05, 4.69) is 33.4 Å². The molecule has 0 radical (unpaired) electrons. The van der Waals surface area contributed by atoms with Crippen LogP contribution < -0.4 is 0 Å². The molecule has 5 fully saturated rings. The second kappa shape index (κ2) is 6.68. The first-order valence-corrected chi connectivity index (χ1v) is 12.7. The first-order chi connectivity index (χ1) is 14.7. The Morgan fingerprint density at radius 2 is 1.94 bits per heavy atom. The van der Waals surface area contributed by atoms with Gasteiger partial charge in [-0.1, -0.05) is 44.6 Å². The van der Waals surface area contributed by atoms with Gasteiger partial charge in [0, 0.05) is 24.2 Å². The number of fused-ring (bicyclic) bond motifs is 7. The fraction of sp³-hybridized carbons (Fsp3) is 0.852. The largest absolute Gasteiger partial charge is 0.393 e. The average Bonchev–Trinajstić information content (AvgIpc) is 3.16. The summed E-state index contributed by atoms with van der Waals surface area (Å²) in [5.74, 6) is 2.35. The minimum atomic E-state index is -0.428. The normalized spacial score (nSPS) is 58.4. The van der Waals surface area contributed by atoms with Crippen molar-refractivity contribution in [2.24, 2.45) is 40.4 Å². The van der Waals surface area contributed by atoms with Gasteiger partial charge in [-0.25, -0.2) is 0 Å². The SMILES string of the molecule is C=C1CC[C@]2(OC1)O[C@H]1C[C@H]3[C@@H]4CC=C5C[C@@H](O)C[C@@H](O)[C@]5(C)[C@H]4CC[C@]3(C)[C@H]1[C@@H]2C. The Bertz CT molecular complexity index is 808. The number of hydrogen-bond acceptors (Lipinski definition) is 4. The maximum absolute atomic E-state index is 11.1. The molecule has 0 amide bonds. The van der Waals surface area contributed by atoms with Gasteiger partial charge in [0.05, 0.1) is 24.9 Å². The number of aliphatic hydroxyl groups is 2. The van der Waals surface area contributed by atoms with Gasteiger partial charge in [0.1, 0.15) is 0 Å². The molecule has 2 heterocycles. The highest BCUT2D eigenvalue weighted by molar-refractivity contribution is 5.28. The van der Waals surface area contributed by atoms with E-state index in [1.807, 2.05) is 0 Å². The number of aliphatic hydroxyl groups excluding tert-OH is 2. The first kappa shape index (κ1) is 20.9. The van der Waals surface area contributed by atoms with Gasteiger partial charge in [-0.15, -0.1) is 0 Å². The van der Waals surface area contributed by atoms with Crippen LogP contribution in [0, 0.1) is 40.4 Å². The second-order valence-corrected chi connectivity index (χ2v) is 12.3. The van der Waals surface area contributed by atoms with Gasteiger partial charge in [-0.2, -0.15) is 0 Å². The number of rotatable bonds is 0. The van der Waals surface area contributed by atoms with Crippen LogP contribution in [0.4, 0.5) is 0 Å². The Kier molecular flexibility index (Phi) is 4.50. The molecule has 1 spiro atoms. The van der Waals surface area contributed by atoms with Crippen molar-refractivity contribution >= 4 is 0 Å². The maximum Gasteiger partial charge on any atom is 0.172 e. The third kappa shape index (κ3) is 2.62. The van der Waals surface area contributed by atoms with Gasteiger partial charge >= 0.3 is 0 Å². The minimum Gasteiger partial charge on any atom is -0.393 e. The highest BCUT2D eigenvalue weighted by Gasteiger charge is 2.69. The van der Waals surface area contributed by atoms with E-state index < -0.39 is 11.9 Å². The zero-order chi connectivity index (χ0) is 21.8. The predicted octanol–water partition coefficient (Wildman–Crippen LogP) is 4.60. The van der Waals surface area contributed by atoms with Crippen molar-refractivity contribution in [1.82, 2.24) is 0 Å². The highest BCUT2D eigenvalue weighted by atomic mass is 16.7. The molecule has 31 heavy (non-hydrogen) atoms. The van der Waals surface area contributed by atoms with E-state index in [0.29, 0.717) is 48.7 Å². The summed E-state index contributed by atoms with van der Waals surface area (Å²) in [4.78, 5) is 0. The molecule has 0 bridgehead atoms. The van der Waals surface area contributed by atoms with Gasteiger partial charge < -0.3 is 19.7 Å². The lowest BCUT2D eigenvalue weighted by Crippen LogP contribution is -2.56. The van der Waals surface area contributed by atoms with Crippen molar-refractivity contribution in [1.29, 1.82) is 0 Å². The Morgan fingerprint density at radius 1 is 1.13 bits per heavy atom. The molecule has 172 valence electrons. The number of hydrogen-bond donors (Lipinski definition) is 2. The lowest BCUT2D eigenvalue weighted by atomic mass is 9.46. The Balaban J connectivity index is 1.30. The summed E-state index contributed by atoms with van der Waals surface area (Å²) < 4.78 is 13.2. The fourth-order valence-electron chi connectivity index (χ4n) is 9.55. The fourth-order valence-corrected chi connectivity index (χ4v) is 9.55. The van der Waals surface area contributed by atoms with Crippen LogP contribution in [0.25, 0.3) is 0 Å². The predicted molar refractivity (Wildman–Crippen MR) is 119 cm³/mol. The lowest BCUT2D eigenvalue weighted by molar-refractivity contribution is -0.255. The van der Waals surface area contributed by atoms with E-state index in [0.717, 1.165) is 32.1 Å². The molecule has 2 N–H and O–H groups in total. The molecule has 0 aromatic heterocycles.